The van der Waals surface area contributed by atoms with Gasteiger partial charge in [0, 0.05) is 11.3 Å². The number of hydrogen-bond acceptors (Lipinski definition) is 4. The SMILES string of the molecule is CC(=O)C1=C(C)NN=C(C(=O)O)C1c1ccc(C(F)(F)F)cc1. The lowest BCUT2D eigenvalue weighted by atomic mass is 9.83. The van der Waals surface area contributed by atoms with Gasteiger partial charge in [-0.25, -0.2) is 4.79 Å². The third kappa shape index (κ3) is 3.25. The molecule has 5 nitrogen and oxygen atoms in total. The van der Waals surface area contributed by atoms with Gasteiger partial charge >= 0.3 is 12.1 Å². The summed E-state index contributed by atoms with van der Waals surface area (Å²) < 4.78 is 37.9. The van der Waals surface area contributed by atoms with Crippen molar-refractivity contribution in [3.05, 3.63) is 46.7 Å². The summed E-state index contributed by atoms with van der Waals surface area (Å²) in [5.74, 6) is -2.75. The van der Waals surface area contributed by atoms with Gasteiger partial charge in [0.05, 0.1) is 11.5 Å². The predicted octanol–water partition coefficient (Wildman–Crippen LogP) is 2.70. The lowest BCUT2D eigenvalue weighted by molar-refractivity contribution is -0.137. The molecule has 1 aliphatic heterocycles. The van der Waals surface area contributed by atoms with Crippen molar-refractivity contribution in [1.82, 2.24) is 5.43 Å². The van der Waals surface area contributed by atoms with Crippen molar-refractivity contribution in [2.24, 2.45) is 5.10 Å². The van der Waals surface area contributed by atoms with E-state index in [0.29, 0.717) is 5.70 Å². The molecule has 0 amide bonds. The van der Waals surface area contributed by atoms with E-state index in [1.807, 2.05) is 0 Å². The van der Waals surface area contributed by atoms with Gasteiger partial charge in [0.1, 0.15) is 0 Å². The molecular weight excluding hydrogens is 313 g/mol. The number of nitrogens with one attached hydrogen (secondary N) is 1. The number of carbonyl (C=O) groups excluding carboxylic acids is 1. The highest BCUT2D eigenvalue weighted by molar-refractivity contribution is 6.39. The number of benzene rings is 1. The summed E-state index contributed by atoms with van der Waals surface area (Å²) >= 11 is 0. The van der Waals surface area contributed by atoms with Crippen molar-refractivity contribution >= 4 is 17.5 Å². The third-order valence-corrected chi connectivity index (χ3v) is 3.48. The van der Waals surface area contributed by atoms with Gasteiger partial charge in [-0.1, -0.05) is 12.1 Å². The second-order valence-electron chi connectivity index (χ2n) is 5.06. The van der Waals surface area contributed by atoms with E-state index in [4.69, 9.17) is 0 Å². The van der Waals surface area contributed by atoms with Crippen LogP contribution in [0.1, 0.15) is 30.9 Å². The van der Waals surface area contributed by atoms with Crippen molar-refractivity contribution in [1.29, 1.82) is 0 Å². The van der Waals surface area contributed by atoms with Crippen LogP contribution >= 0.6 is 0 Å². The number of allylic oxidation sites excluding steroid dienone is 2. The van der Waals surface area contributed by atoms with Crippen LogP contribution in [-0.2, 0) is 15.8 Å². The Morgan fingerprint density at radius 1 is 1.22 bits per heavy atom. The summed E-state index contributed by atoms with van der Waals surface area (Å²) in [4.78, 5) is 23.2. The van der Waals surface area contributed by atoms with E-state index >= 15 is 0 Å². The molecule has 0 spiro atoms. The number of carbonyl (C=O) groups is 2. The monoisotopic (exact) mass is 326 g/mol. The van der Waals surface area contributed by atoms with Crippen molar-refractivity contribution in [2.75, 3.05) is 0 Å². The molecule has 1 unspecified atom stereocenters. The van der Waals surface area contributed by atoms with E-state index in [9.17, 15) is 27.9 Å². The number of nitrogens with zero attached hydrogens (tertiary/aromatic N) is 1. The quantitative estimate of drug-likeness (QED) is 0.895. The molecule has 1 aromatic rings. The molecule has 8 heteroatoms. The van der Waals surface area contributed by atoms with E-state index in [-0.39, 0.29) is 22.6 Å². The van der Waals surface area contributed by atoms with Crippen molar-refractivity contribution < 1.29 is 27.9 Å². The first-order chi connectivity index (χ1) is 10.6. The molecule has 1 aromatic carbocycles. The van der Waals surface area contributed by atoms with Gasteiger partial charge in [0.15, 0.2) is 11.5 Å². The molecule has 1 atom stereocenters. The number of hydrogen-bond donors (Lipinski definition) is 2. The molecule has 0 saturated heterocycles. The largest absolute Gasteiger partial charge is 0.477 e. The smallest absolute Gasteiger partial charge is 0.416 e. The van der Waals surface area contributed by atoms with Gasteiger partial charge in [-0.2, -0.15) is 18.3 Å². The number of halogens is 3. The Hall–Kier alpha value is -2.64. The number of aliphatic carboxylic acids is 1. The Kier molecular flexibility index (Phi) is 4.26. The van der Waals surface area contributed by atoms with Crippen LogP contribution in [0.5, 0.6) is 0 Å². The third-order valence-electron chi connectivity index (χ3n) is 3.48. The van der Waals surface area contributed by atoms with E-state index in [1.165, 1.54) is 6.92 Å². The molecule has 0 radical (unpaired) electrons. The number of ketones is 1. The maximum atomic E-state index is 12.6. The van der Waals surface area contributed by atoms with Gasteiger partial charge in [-0.15, -0.1) is 0 Å². The molecule has 122 valence electrons. The molecule has 2 rings (SSSR count). The Bertz CT molecular complexity index is 718. The van der Waals surface area contributed by atoms with Crippen molar-refractivity contribution in [2.45, 2.75) is 25.9 Å². The number of carboxylic acids is 1. The van der Waals surface area contributed by atoms with Gasteiger partial charge in [0.2, 0.25) is 0 Å². The van der Waals surface area contributed by atoms with Gasteiger partial charge < -0.3 is 5.11 Å². The number of hydrazone groups is 1. The van der Waals surface area contributed by atoms with Crippen LogP contribution in [0.25, 0.3) is 0 Å². The molecule has 0 saturated carbocycles. The van der Waals surface area contributed by atoms with E-state index in [1.54, 1.807) is 6.92 Å². The average Bonchev–Trinajstić information content (AvgIpc) is 2.45. The maximum Gasteiger partial charge on any atom is 0.416 e. The summed E-state index contributed by atoms with van der Waals surface area (Å²) in [6.45, 7) is 2.82. The molecule has 0 aliphatic carbocycles. The van der Waals surface area contributed by atoms with E-state index in [0.717, 1.165) is 24.3 Å². The molecule has 0 fully saturated rings. The van der Waals surface area contributed by atoms with Crippen molar-refractivity contribution in [3.63, 3.8) is 0 Å². The number of carboxylic acid groups (broad SMARTS) is 1. The van der Waals surface area contributed by atoms with E-state index < -0.39 is 23.6 Å². The van der Waals surface area contributed by atoms with Crippen LogP contribution < -0.4 is 5.43 Å². The minimum absolute atomic E-state index is 0.164. The fourth-order valence-electron chi connectivity index (χ4n) is 2.45. The zero-order valence-electron chi connectivity index (χ0n) is 12.2. The molecule has 0 bridgehead atoms. The number of alkyl halides is 3. The zero-order chi connectivity index (χ0) is 17.4. The minimum Gasteiger partial charge on any atom is -0.477 e. The Morgan fingerprint density at radius 2 is 1.78 bits per heavy atom. The standard InChI is InChI=1S/C15H13F3N2O3/c1-7-11(8(2)21)12(13(14(22)23)20-19-7)9-3-5-10(6-4-9)15(16,17)18/h3-6,12,19H,1-2H3,(H,22,23). The fraction of sp³-hybridized carbons (Fsp3) is 0.267. The topological polar surface area (TPSA) is 78.8 Å². The summed E-state index contributed by atoms with van der Waals surface area (Å²) in [6.07, 6.45) is -4.49. The summed E-state index contributed by atoms with van der Waals surface area (Å²) in [7, 11) is 0. The van der Waals surface area contributed by atoms with Crippen LogP contribution in [0.4, 0.5) is 13.2 Å². The second kappa shape index (κ2) is 5.86. The molecule has 0 aromatic heterocycles. The van der Waals surface area contributed by atoms with E-state index in [2.05, 4.69) is 10.5 Å². The van der Waals surface area contributed by atoms with Gasteiger partial charge in [-0.3, -0.25) is 10.2 Å². The predicted molar refractivity (Wildman–Crippen MR) is 75.8 cm³/mol. The Labute approximate surface area is 129 Å². The first-order valence-electron chi connectivity index (χ1n) is 6.58. The number of Topliss-reactive ketones (excluding diaryl/α,β-unsaturated/α-hetero) is 1. The Morgan fingerprint density at radius 3 is 2.22 bits per heavy atom. The van der Waals surface area contributed by atoms with Crippen LogP contribution in [0.15, 0.2) is 40.6 Å². The highest BCUT2D eigenvalue weighted by Crippen LogP contribution is 2.34. The highest BCUT2D eigenvalue weighted by Gasteiger charge is 2.35. The molecule has 1 heterocycles. The maximum absolute atomic E-state index is 12.6. The Balaban J connectivity index is 2.54. The van der Waals surface area contributed by atoms with Gasteiger partial charge in [0.25, 0.3) is 0 Å². The first-order valence-corrected chi connectivity index (χ1v) is 6.58. The van der Waals surface area contributed by atoms with Gasteiger partial charge in [-0.05, 0) is 31.5 Å². The average molecular weight is 326 g/mol. The first kappa shape index (κ1) is 16.7. The molecule has 23 heavy (non-hydrogen) atoms. The summed E-state index contributed by atoms with van der Waals surface area (Å²) in [5.41, 5.74) is 2.05. The normalized spacial score (nSPS) is 18.3. The lowest BCUT2D eigenvalue weighted by Crippen LogP contribution is -2.33. The van der Waals surface area contributed by atoms with Crippen LogP contribution in [-0.4, -0.2) is 22.6 Å². The van der Waals surface area contributed by atoms with Crippen LogP contribution in [0.2, 0.25) is 0 Å². The minimum atomic E-state index is -4.49. The fourth-order valence-corrected chi connectivity index (χ4v) is 2.45. The highest BCUT2D eigenvalue weighted by atomic mass is 19.4. The zero-order valence-corrected chi connectivity index (χ0v) is 12.2. The lowest BCUT2D eigenvalue weighted by Gasteiger charge is -2.25. The summed E-state index contributed by atoms with van der Waals surface area (Å²) in [5, 5.41) is 13.0. The molecular formula is C15H13F3N2O3. The molecule has 1 aliphatic rings. The second-order valence-corrected chi connectivity index (χ2v) is 5.06. The molecule has 2 N–H and O–H groups in total. The van der Waals surface area contributed by atoms with Crippen LogP contribution in [0, 0.1) is 0 Å². The number of rotatable bonds is 3. The van der Waals surface area contributed by atoms with Crippen LogP contribution in [0.3, 0.4) is 0 Å². The summed E-state index contributed by atoms with van der Waals surface area (Å²) in [6, 6.07) is 4.02. The van der Waals surface area contributed by atoms with Crippen molar-refractivity contribution in [3.8, 4) is 0 Å².